The number of fused-ring (bicyclic) bond motifs is 1. The molecule has 2 aromatic carbocycles. The second-order valence-electron chi connectivity index (χ2n) is 4.52. The van der Waals surface area contributed by atoms with Gasteiger partial charge in [-0.15, -0.1) is 0 Å². The molecule has 0 radical (unpaired) electrons. The van der Waals surface area contributed by atoms with E-state index in [2.05, 4.69) is 4.98 Å². The Balaban J connectivity index is 2.15. The van der Waals surface area contributed by atoms with Gasteiger partial charge in [0, 0.05) is 5.56 Å². The number of methoxy groups -OCH3 is 1. The van der Waals surface area contributed by atoms with Gasteiger partial charge in [0.05, 0.1) is 7.11 Å². The zero-order chi connectivity index (χ0) is 13.9. The number of oxazole rings is 1. The van der Waals surface area contributed by atoms with E-state index in [-0.39, 0.29) is 0 Å². The van der Waals surface area contributed by atoms with Gasteiger partial charge in [-0.2, -0.15) is 0 Å². The lowest BCUT2D eigenvalue weighted by atomic mass is 10.0. The van der Waals surface area contributed by atoms with Crippen LogP contribution in [-0.4, -0.2) is 18.6 Å². The maximum Gasteiger partial charge on any atom is 0.227 e. The Morgan fingerprint density at radius 2 is 2.00 bits per heavy atom. The molecule has 3 aromatic rings. The van der Waals surface area contributed by atoms with Gasteiger partial charge in [0.2, 0.25) is 5.89 Å². The minimum absolute atomic E-state index is 0.598. The molecule has 0 aliphatic heterocycles. The van der Waals surface area contributed by atoms with Crippen molar-refractivity contribution in [2.45, 2.75) is 6.42 Å². The lowest BCUT2D eigenvalue weighted by molar-refractivity contribution is 0.419. The maximum absolute atomic E-state index is 5.85. The van der Waals surface area contributed by atoms with E-state index in [0.717, 1.165) is 28.6 Å². The van der Waals surface area contributed by atoms with Crippen molar-refractivity contribution in [1.82, 2.24) is 4.98 Å². The molecule has 0 saturated heterocycles. The molecule has 0 aliphatic rings. The number of benzene rings is 2. The van der Waals surface area contributed by atoms with Crippen LogP contribution in [-0.2, 0) is 6.42 Å². The summed E-state index contributed by atoms with van der Waals surface area (Å²) in [6, 6.07) is 13.7. The SMILES string of the molecule is COc1cccc2oc(-c3ccccc3CCN)nc12. The lowest BCUT2D eigenvalue weighted by Gasteiger charge is -2.04. The van der Waals surface area contributed by atoms with Gasteiger partial charge in [0.15, 0.2) is 11.1 Å². The summed E-state index contributed by atoms with van der Waals surface area (Å²) < 4.78 is 11.2. The Bertz CT molecular complexity index is 734. The van der Waals surface area contributed by atoms with Crippen LogP contribution in [0.3, 0.4) is 0 Å². The van der Waals surface area contributed by atoms with Gasteiger partial charge in [-0.25, -0.2) is 4.98 Å². The zero-order valence-corrected chi connectivity index (χ0v) is 11.3. The number of rotatable bonds is 4. The minimum Gasteiger partial charge on any atom is -0.494 e. The molecule has 1 heterocycles. The van der Waals surface area contributed by atoms with Gasteiger partial charge in [-0.1, -0.05) is 24.3 Å². The Hall–Kier alpha value is -2.33. The fourth-order valence-electron chi connectivity index (χ4n) is 2.31. The van der Waals surface area contributed by atoms with Crippen LogP contribution < -0.4 is 10.5 Å². The van der Waals surface area contributed by atoms with Crippen molar-refractivity contribution < 1.29 is 9.15 Å². The second-order valence-corrected chi connectivity index (χ2v) is 4.52. The predicted octanol–water partition coefficient (Wildman–Crippen LogP) is 3.00. The van der Waals surface area contributed by atoms with Crippen LogP contribution in [0.5, 0.6) is 5.75 Å². The third-order valence-corrected chi connectivity index (χ3v) is 3.26. The smallest absolute Gasteiger partial charge is 0.227 e. The minimum atomic E-state index is 0.598. The second kappa shape index (κ2) is 5.35. The Labute approximate surface area is 117 Å². The maximum atomic E-state index is 5.85. The van der Waals surface area contributed by atoms with Crippen molar-refractivity contribution in [3.63, 3.8) is 0 Å². The molecule has 2 N–H and O–H groups in total. The van der Waals surface area contributed by atoms with Crippen molar-refractivity contribution in [3.8, 4) is 17.2 Å². The van der Waals surface area contributed by atoms with Gasteiger partial charge in [0.25, 0.3) is 0 Å². The third-order valence-electron chi connectivity index (χ3n) is 3.26. The molecular weight excluding hydrogens is 252 g/mol. The lowest BCUT2D eigenvalue weighted by Crippen LogP contribution is -2.03. The first-order valence-corrected chi connectivity index (χ1v) is 6.55. The first-order chi connectivity index (χ1) is 9.83. The molecule has 20 heavy (non-hydrogen) atoms. The van der Waals surface area contributed by atoms with E-state index in [1.807, 2.05) is 42.5 Å². The average molecular weight is 268 g/mol. The van der Waals surface area contributed by atoms with Crippen LogP contribution in [0.25, 0.3) is 22.6 Å². The highest BCUT2D eigenvalue weighted by atomic mass is 16.5. The van der Waals surface area contributed by atoms with Crippen molar-refractivity contribution in [2.75, 3.05) is 13.7 Å². The summed E-state index contributed by atoms with van der Waals surface area (Å²) in [5.41, 5.74) is 9.25. The molecule has 4 heteroatoms. The van der Waals surface area contributed by atoms with Gasteiger partial charge in [0.1, 0.15) is 5.75 Å². The number of aromatic nitrogens is 1. The van der Waals surface area contributed by atoms with Crippen LogP contribution in [0.4, 0.5) is 0 Å². The van der Waals surface area contributed by atoms with E-state index < -0.39 is 0 Å². The molecule has 0 atom stereocenters. The molecule has 0 bridgehead atoms. The molecule has 0 amide bonds. The molecule has 4 nitrogen and oxygen atoms in total. The normalized spacial score (nSPS) is 10.9. The van der Waals surface area contributed by atoms with Gasteiger partial charge < -0.3 is 14.9 Å². The van der Waals surface area contributed by atoms with E-state index in [4.69, 9.17) is 14.9 Å². The van der Waals surface area contributed by atoms with Crippen molar-refractivity contribution >= 4 is 11.1 Å². The van der Waals surface area contributed by atoms with Crippen LogP contribution in [0.15, 0.2) is 46.9 Å². The summed E-state index contributed by atoms with van der Waals surface area (Å²) in [6.07, 6.45) is 0.798. The predicted molar refractivity (Wildman–Crippen MR) is 78.8 cm³/mol. The highest BCUT2D eigenvalue weighted by Crippen LogP contribution is 2.31. The summed E-state index contributed by atoms with van der Waals surface area (Å²) in [5.74, 6) is 1.32. The summed E-state index contributed by atoms with van der Waals surface area (Å²) in [5, 5.41) is 0. The molecule has 1 aromatic heterocycles. The number of nitrogens with two attached hydrogens (primary N) is 1. The molecule has 102 valence electrons. The Kier molecular flexibility index (Phi) is 3.39. The molecule has 0 saturated carbocycles. The van der Waals surface area contributed by atoms with E-state index in [0.29, 0.717) is 18.2 Å². The molecule has 3 rings (SSSR count). The van der Waals surface area contributed by atoms with Crippen molar-refractivity contribution in [3.05, 3.63) is 48.0 Å². The summed E-state index contributed by atoms with van der Waals surface area (Å²) >= 11 is 0. The standard InChI is InChI=1S/C16H16N2O2/c1-19-13-7-4-8-14-15(13)18-16(20-14)12-6-3-2-5-11(12)9-10-17/h2-8H,9-10,17H2,1H3. The summed E-state index contributed by atoms with van der Waals surface area (Å²) in [7, 11) is 1.63. The summed E-state index contributed by atoms with van der Waals surface area (Å²) in [6.45, 7) is 0.598. The van der Waals surface area contributed by atoms with Crippen molar-refractivity contribution in [1.29, 1.82) is 0 Å². The van der Waals surface area contributed by atoms with Gasteiger partial charge in [-0.3, -0.25) is 0 Å². The highest BCUT2D eigenvalue weighted by molar-refractivity contribution is 5.82. The van der Waals surface area contributed by atoms with E-state index in [1.165, 1.54) is 0 Å². The zero-order valence-electron chi connectivity index (χ0n) is 11.3. The van der Waals surface area contributed by atoms with E-state index >= 15 is 0 Å². The topological polar surface area (TPSA) is 61.3 Å². The fraction of sp³-hybridized carbons (Fsp3) is 0.188. The van der Waals surface area contributed by atoms with E-state index in [9.17, 15) is 0 Å². The van der Waals surface area contributed by atoms with Gasteiger partial charge in [-0.05, 0) is 36.7 Å². The molecular formula is C16H16N2O2. The van der Waals surface area contributed by atoms with E-state index in [1.54, 1.807) is 7.11 Å². The quantitative estimate of drug-likeness (QED) is 0.790. The molecule has 0 aliphatic carbocycles. The molecule has 0 fully saturated rings. The Morgan fingerprint density at radius 3 is 2.80 bits per heavy atom. The molecule has 0 spiro atoms. The van der Waals surface area contributed by atoms with Crippen molar-refractivity contribution in [2.24, 2.45) is 5.73 Å². The van der Waals surface area contributed by atoms with Crippen LogP contribution in [0, 0.1) is 0 Å². The third kappa shape index (κ3) is 2.14. The summed E-state index contributed by atoms with van der Waals surface area (Å²) in [4.78, 5) is 4.56. The fourth-order valence-corrected chi connectivity index (χ4v) is 2.31. The molecule has 0 unspecified atom stereocenters. The van der Waals surface area contributed by atoms with Crippen LogP contribution in [0.2, 0.25) is 0 Å². The first-order valence-electron chi connectivity index (χ1n) is 6.55. The monoisotopic (exact) mass is 268 g/mol. The highest BCUT2D eigenvalue weighted by Gasteiger charge is 2.14. The van der Waals surface area contributed by atoms with Crippen LogP contribution >= 0.6 is 0 Å². The number of hydrogen-bond acceptors (Lipinski definition) is 4. The average Bonchev–Trinajstić information content (AvgIpc) is 2.92. The number of hydrogen-bond donors (Lipinski definition) is 1. The van der Waals surface area contributed by atoms with Crippen LogP contribution in [0.1, 0.15) is 5.56 Å². The number of para-hydroxylation sites is 1. The number of nitrogens with zero attached hydrogens (tertiary/aromatic N) is 1. The largest absolute Gasteiger partial charge is 0.494 e. The number of ether oxygens (including phenoxy) is 1. The Morgan fingerprint density at radius 1 is 1.15 bits per heavy atom. The first kappa shape index (κ1) is 12.7. The van der Waals surface area contributed by atoms with Gasteiger partial charge >= 0.3 is 0 Å².